The molecule has 4 saturated heterocycles. The predicted octanol–water partition coefficient (Wildman–Crippen LogP) is 6.06. The Hall–Kier alpha value is -4.60. The normalized spacial score (nSPS) is 24.7. The number of amides is 1. The number of ether oxygens (including phenoxy) is 2. The average Bonchev–Trinajstić information content (AvgIpc) is 3.76. The largest absolute Gasteiger partial charge is 0.461 e. The smallest absolute Gasteiger partial charge is 0.410 e. The number of nitrogens with zero attached hydrogens (tertiary/aromatic N) is 6. The van der Waals surface area contributed by atoms with Crippen LogP contribution < -0.4 is 9.64 Å². The first-order valence-corrected chi connectivity index (χ1v) is 17.8. The van der Waals surface area contributed by atoms with Gasteiger partial charge in [-0.15, -0.1) is 6.42 Å². The highest BCUT2D eigenvalue weighted by Gasteiger charge is 2.50. The van der Waals surface area contributed by atoms with Crippen LogP contribution in [0.2, 0.25) is 0 Å². The maximum atomic E-state index is 17.0. The van der Waals surface area contributed by atoms with E-state index in [1.165, 1.54) is 6.07 Å². The molecule has 1 amide bonds. The van der Waals surface area contributed by atoms with Crippen LogP contribution in [-0.4, -0.2) is 98.1 Å². The summed E-state index contributed by atoms with van der Waals surface area (Å²) in [7, 11) is 0. The van der Waals surface area contributed by atoms with Crippen molar-refractivity contribution in [3.8, 4) is 29.6 Å². The zero-order valence-corrected chi connectivity index (χ0v) is 29.2. The highest BCUT2D eigenvalue weighted by Crippen LogP contribution is 2.43. The third-order valence-corrected chi connectivity index (χ3v) is 11.1. The molecule has 6 heterocycles. The quantitative estimate of drug-likeness (QED) is 0.241. The number of halogens is 2. The molecule has 51 heavy (non-hydrogen) atoms. The predicted molar refractivity (Wildman–Crippen MR) is 189 cm³/mol. The number of rotatable bonds is 6. The third kappa shape index (κ3) is 5.71. The van der Waals surface area contributed by atoms with E-state index in [0.29, 0.717) is 47.2 Å². The van der Waals surface area contributed by atoms with Gasteiger partial charge in [-0.1, -0.05) is 30.2 Å². The molecule has 4 aliphatic heterocycles. The maximum Gasteiger partial charge on any atom is 0.410 e. The molecular formula is C39H42F2N6O4. The number of hydrogen-bond donors (Lipinski definition) is 1. The van der Waals surface area contributed by atoms with Gasteiger partial charge in [-0.05, 0) is 77.3 Å². The van der Waals surface area contributed by atoms with Crippen LogP contribution in [0.5, 0.6) is 6.01 Å². The number of anilines is 1. The third-order valence-electron chi connectivity index (χ3n) is 11.1. The summed E-state index contributed by atoms with van der Waals surface area (Å²) < 4.78 is 44.1. The fourth-order valence-electron chi connectivity index (χ4n) is 8.90. The lowest BCUT2D eigenvalue weighted by atomic mass is 9.95. The Labute approximate surface area is 295 Å². The molecule has 0 spiro atoms. The Morgan fingerprint density at radius 3 is 2.61 bits per heavy atom. The number of hydrogen-bond acceptors (Lipinski definition) is 9. The molecule has 10 nitrogen and oxygen atoms in total. The van der Waals surface area contributed by atoms with Crippen molar-refractivity contribution in [2.75, 3.05) is 37.7 Å². The van der Waals surface area contributed by atoms with Crippen LogP contribution in [0, 0.1) is 24.0 Å². The second kappa shape index (κ2) is 12.6. The van der Waals surface area contributed by atoms with Crippen molar-refractivity contribution in [2.24, 2.45) is 0 Å². The number of carbonyl (C=O) groups is 1. The minimum absolute atomic E-state index is 0.0113. The van der Waals surface area contributed by atoms with Crippen LogP contribution in [-0.2, 0) is 4.74 Å². The van der Waals surface area contributed by atoms with Crippen LogP contribution in [0.3, 0.4) is 0 Å². The van der Waals surface area contributed by atoms with Crippen molar-refractivity contribution in [3.63, 3.8) is 0 Å². The molecule has 0 aliphatic carbocycles. The van der Waals surface area contributed by atoms with E-state index in [1.807, 2.05) is 25.7 Å². The van der Waals surface area contributed by atoms with Gasteiger partial charge in [0.2, 0.25) is 0 Å². The summed E-state index contributed by atoms with van der Waals surface area (Å²) in [5, 5.41) is 11.5. The van der Waals surface area contributed by atoms with Crippen molar-refractivity contribution in [2.45, 2.75) is 88.6 Å². The molecule has 266 valence electrons. The molecule has 0 radical (unpaired) electrons. The van der Waals surface area contributed by atoms with Gasteiger partial charge in [0.15, 0.2) is 5.82 Å². The van der Waals surface area contributed by atoms with Crippen LogP contribution in [0.1, 0.15) is 64.9 Å². The first-order valence-electron chi connectivity index (χ1n) is 17.8. The zero-order chi connectivity index (χ0) is 35.7. The number of benzene rings is 2. The van der Waals surface area contributed by atoms with E-state index < -0.39 is 17.2 Å². The Morgan fingerprint density at radius 1 is 1.10 bits per heavy atom. The van der Waals surface area contributed by atoms with E-state index in [9.17, 15) is 14.3 Å². The fraction of sp³-hybridized carbons (Fsp3) is 0.487. The highest BCUT2D eigenvalue weighted by atomic mass is 19.1. The van der Waals surface area contributed by atoms with Crippen LogP contribution in [0.15, 0.2) is 36.5 Å². The summed E-state index contributed by atoms with van der Waals surface area (Å²) in [6.45, 7) is 7.79. The summed E-state index contributed by atoms with van der Waals surface area (Å²) in [6.07, 6.45) is 12.3. The van der Waals surface area contributed by atoms with Gasteiger partial charge in [-0.2, -0.15) is 9.97 Å². The highest BCUT2D eigenvalue weighted by molar-refractivity contribution is 6.02. The summed E-state index contributed by atoms with van der Waals surface area (Å²) in [5.41, 5.74) is -0.461. The number of aliphatic hydroxyl groups is 1. The number of fused-ring (bicyclic) bond motifs is 5. The second-order valence-corrected chi connectivity index (χ2v) is 15.3. The molecule has 0 unspecified atom stereocenters. The summed E-state index contributed by atoms with van der Waals surface area (Å²) in [5.74, 6) is 1.64. The van der Waals surface area contributed by atoms with Gasteiger partial charge < -0.3 is 19.5 Å². The molecular weight excluding hydrogens is 654 g/mol. The topological polar surface area (TPSA) is 104 Å². The lowest BCUT2D eigenvalue weighted by Crippen LogP contribution is -2.57. The van der Waals surface area contributed by atoms with E-state index >= 15 is 4.39 Å². The lowest BCUT2D eigenvalue weighted by molar-refractivity contribution is 0.0122. The van der Waals surface area contributed by atoms with Crippen molar-refractivity contribution >= 4 is 33.6 Å². The standard InChI is InChI=1S/C39H42F2N6O4/c1-5-27-30(40)13-10-23-8-6-9-28(31(23)27)33-32(41)34-29(18-42-33)35(45-19-24-11-12-25(20-45)47(24)37(49)51-38(2,3)4)44-36(43-34)50-22-39-15-7-17-46(39)26(21-48)14-16-39/h1,6,8-10,13,18,24-26,48H,7,11-12,14-17,19-22H2,2-4H3/t24-,25+,26-,39+/m0/s1. The first-order chi connectivity index (χ1) is 24.5. The number of terminal acetylenes is 1. The van der Waals surface area contributed by atoms with Gasteiger partial charge in [0.1, 0.15) is 35.1 Å². The van der Waals surface area contributed by atoms with E-state index in [-0.39, 0.29) is 59.1 Å². The minimum Gasteiger partial charge on any atom is -0.461 e. The molecule has 1 N–H and O–H groups in total. The number of aliphatic hydroxyl groups excluding tert-OH is 1. The number of piperazine rings is 1. The Kier molecular flexibility index (Phi) is 8.26. The number of pyridine rings is 1. The van der Waals surface area contributed by atoms with E-state index in [2.05, 4.69) is 25.7 Å². The van der Waals surface area contributed by atoms with Gasteiger partial charge in [0.05, 0.1) is 35.2 Å². The van der Waals surface area contributed by atoms with Gasteiger partial charge >= 0.3 is 12.1 Å². The molecule has 0 saturated carbocycles. The zero-order valence-electron chi connectivity index (χ0n) is 29.2. The second-order valence-electron chi connectivity index (χ2n) is 15.3. The Balaban J connectivity index is 1.21. The molecule has 4 aromatic rings. The first kappa shape index (κ1) is 33.5. The fourth-order valence-corrected chi connectivity index (χ4v) is 8.90. The van der Waals surface area contributed by atoms with Gasteiger partial charge in [0.25, 0.3) is 0 Å². The van der Waals surface area contributed by atoms with E-state index in [4.69, 9.17) is 20.9 Å². The SMILES string of the molecule is C#Cc1c(F)ccc2cccc(-c3ncc4c(N5C[C@H]6CC[C@@H](C5)N6C(=O)OC(C)(C)C)nc(OC[C@]56CCCN5[C@H](CO)CC6)nc4c3F)c12. The van der Waals surface area contributed by atoms with Gasteiger partial charge in [0, 0.05) is 36.3 Å². The number of carbonyl (C=O) groups excluding carboxylic acids is 1. The van der Waals surface area contributed by atoms with Crippen LogP contribution in [0.4, 0.5) is 19.4 Å². The minimum atomic E-state index is -0.696. The van der Waals surface area contributed by atoms with Crippen molar-refractivity contribution in [1.29, 1.82) is 0 Å². The molecule has 2 bridgehead atoms. The summed E-state index contributed by atoms with van der Waals surface area (Å²) >= 11 is 0. The molecule has 12 heteroatoms. The lowest BCUT2D eigenvalue weighted by Gasteiger charge is -2.42. The van der Waals surface area contributed by atoms with Crippen LogP contribution >= 0.6 is 0 Å². The molecule has 4 aliphatic rings. The monoisotopic (exact) mass is 696 g/mol. The summed E-state index contributed by atoms with van der Waals surface area (Å²) in [4.78, 5) is 33.6. The van der Waals surface area contributed by atoms with Crippen molar-refractivity contribution < 1.29 is 28.2 Å². The van der Waals surface area contributed by atoms with Crippen molar-refractivity contribution in [1.82, 2.24) is 24.8 Å². The van der Waals surface area contributed by atoms with E-state index in [0.717, 1.165) is 45.1 Å². The van der Waals surface area contributed by atoms with Crippen molar-refractivity contribution in [3.05, 3.63) is 53.7 Å². The maximum absolute atomic E-state index is 17.0. The molecule has 4 fully saturated rings. The number of aromatic nitrogens is 3. The van der Waals surface area contributed by atoms with Gasteiger partial charge in [-0.25, -0.2) is 13.6 Å². The Morgan fingerprint density at radius 2 is 1.88 bits per heavy atom. The van der Waals surface area contributed by atoms with E-state index in [1.54, 1.807) is 30.5 Å². The van der Waals surface area contributed by atoms with Crippen LogP contribution in [0.25, 0.3) is 32.9 Å². The molecule has 4 atom stereocenters. The molecule has 2 aromatic carbocycles. The molecule has 2 aromatic heterocycles. The van der Waals surface area contributed by atoms with Gasteiger partial charge in [-0.3, -0.25) is 14.8 Å². The average molecular weight is 697 g/mol. The summed E-state index contributed by atoms with van der Waals surface area (Å²) in [6, 6.07) is 8.06. The Bertz CT molecular complexity index is 2070. The molecule has 8 rings (SSSR count).